The SMILES string of the molecule is Cn1nccc1S(=O)(=O)N1C[C@@H]2CCC[C@@]2(C(=O)O)C1. The van der Waals surface area contributed by atoms with Crippen molar-refractivity contribution in [2.24, 2.45) is 18.4 Å². The van der Waals surface area contributed by atoms with Gasteiger partial charge in [-0.3, -0.25) is 9.48 Å². The van der Waals surface area contributed by atoms with Gasteiger partial charge in [0.15, 0.2) is 5.03 Å². The number of hydrogen-bond acceptors (Lipinski definition) is 4. The summed E-state index contributed by atoms with van der Waals surface area (Å²) in [6, 6.07) is 1.44. The summed E-state index contributed by atoms with van der Waals surface area (Å²) in [5.41, 5.74) is -0.897. The molecule has 1 N–H and O–H groups in total. The molecular formula is C12H17N3O4S. The highest BCUT2D eigenvalue weighted by Gasteiger charge is 2.57. The second-order valence-corrected chi connectivity index (χ2v) is 7.53. The van der Waals surface area contributed by atoms with Crippen LogP contribution in [0.1, 0.15) is 19.3 Å². The molecule has 1 aliphatic heterocycles. The van der Waals surface area contributed by atoms with Crippen molar-refractivity contribution in [1.29, 1.82) is 0 Å². The lowest BCUT2D eigenvalue weighted by molar-refractivity contribution is -0.149. The lowest BCUT2D eigenvalue weighted by Crippen LogP contribution is -2.37. The monoisotopic (exact) mass is 299 g/mol. The summed E-state index contributed by atoms with van der Waals surface area (Å²) in [4.78, 5) is 11.6. The molecule has 0 spiro atoms. The van der Waals surface area contributed by atoms with Crippen LogP contribution in [0.25, 0.3) is 0 Å². The van der Waals surface area contributed by atoms with E-state index in [-0.39, 0.29) is 17.5 Å². The standard InChI is InChI=1S/C12H17N3O4S/c1-14-10(4-6-13-14)20(18,19)15-7-9-3-2-5-12(9,8-15)11(16)17/h4,6,9H,2-3,5,7-8H2,1H3,(H,16,17)/t9-,12+/m0/s1. The van der Waals surface area contributed by atoms with Crippen molar-refractivity contribution in [2.45, 2.75) is 24.3 Å². The van der Waals surface area contributed by atoms with E-state index in [0.29, 0.717) is 13.0 Å². The van der Waals surface area contributed by atoms with E-state index in [9.17, 15) is 18.3 Å². The Morgan fingerprint density at radius 2 is 2.30 bits per heavy atom. The number of fused-ring (bicyclic) bond motifs is 1. The van der Waals surface area contributed by atoms with Gasteiger partial charge in [0.25, 0.3) is 10.0 Å². The second kappa shape index (κ2) is 4.29. The van der Waals surface area contributed by atoms with Gasteiger partial charge in [-0.2, -0.15) is 9.40 Å². The number of hydrogen-bond donors (Lipinski definition) is 1. The minimum Gasteiger partial charge on any atom is -0.481 e. The summed E-state index contributed by atoms with van der Waals surface area (Å²) in [7, 11) is -2.10. The van der Waals surface area contributed by atoms with Gasteiger partial charge in [-0.25, -0.2) is 8.42 Å². The Hall–Kier alpha value is -1.41. The highest BCUT2D eigenvalue weighted by atomic mass is 32.2. The fourth-order valence-electron chi connectivity index (χ4n) is 3.52. The first-order valence-electron chi connectivity index (χ1n) is 6.59. The third kappa shape index (κ3) is 1.71. The number of nitrogens with zero attached hydrogens (tertiary/aromatic N) is 3. The van der Waals surface area contributed by atoms with Gasteiger partial charge >= 0.3 is 5.97 Å². The van der Waals surface area contributed by atoms with E-state index in [2.05, 4.69) is 5.10 Å². The predicted molar refractivity (Wildman–Crippen MR) is 69.4 cm³/mol. The van der Waals surface area contributed by atoms with Crippen LogP contribution in [0.3, 0.4) is 0 Å². The van der Waals surface area contributed by atoms with E-state index in [1.807, 2.05) is 0 Å². The number of aryl methyl sites for hydroxylation is 1. The van der Waals surface area contributed by atoms with Crippen molar-refractivity contribution >= 4 is 16.0 Å². The molecule has 0 radical (unpaired) electrons. The molecule has 1 saturated carbocycles. The average Bonchev–Trinajstić information content (AvgIpc) is 3.00. The Morgan fingerprint density at radius 3 is 2.85 bits per heavy atom. The van der Waals surface area contributed by atoms with Crippen LogP contribution in [-0.4, -0.2) is 46.7 Å². The minimum absolute atomic E-state index is 0.0700. The molecule has 0 aromatic carbocycles. The number of sulfonamides is 1. The minimum atomic E-state index is -3.67. The molecule has 8 heteroatoms. The van der Waals surface area contributed by atoms with Crippen molar-refractivity contribution < 1.29 is 18.3 Å². The highest BCUT2D eigenvalue weighted by molar-refractivity contribution is 7.89. The fraction of sp³-hybridized carbons (Fsp3) is 0.667. The third-order valence-electron chi connectivity index (χ3n) is 4.65. The molecule has 110 valence electrons. The molecule has 1 saturated heterocycles. The lowest BCUT2D eigenvalue weighted by atomic mass is 9.81. The number of carboxylic acids is 1. The molecule has 2 heterocycles. The Balaban J connectivity index is 1.95. The van der Waals surface area contributed by atoms with Crippen LogP contribution in [0.2, 0.25) is 0 Å². The van der Waals surface area contributed by atoms with E-state index >= 15 is 0 Å². The smallest absolute Gasteiger partial charge is 0.311 e. The van der Waals surface area contributed by atoms with Crippen LogP contribution in [-0.2, 0) is 21.9 Å². The van der Waals surface area contributed by atoms with Crippen molar-refractivity contribution in [2.75, 3.05) is 13.1 Å². The lowest BCUT2D eigenvalue weighted by Gasteiger charge is -2.23. The van der Waals surface area contributed by atoms with Crippen LogP contribution in [0.5, 0.6) is 0 Å². The number of aromatic nitrogens is 2. The van der Waals surface area contributed by atoms with Gasteiger partial charge in [0.05, 0.1) is 11.6 Å². The molecule has 0 amide bonds. The highest BCUT2D eigenvalue weighted by Crippen LogP contribution is 2.49. The summed E-state index contributed by atoms with van der Waals surface area (Å²) < 4.78 is 27.8. The van der Waals surface area contributed by atoms with Crippen LogP contribution >= 0.6 is 0 Å². The molecule has 0 bridgehead atoms. The molecule has 7 nitrogen and oxygen atoms in total. The van der Waals surface area contributed by atoms with Crippen molar-refractivity contribution in [1.82, 2.24) is 14.1 Å². The summed E-state index contributed by atoms with van der Waals surface area (Å²) in [5, 5.41) is 13.5. The van der Waals surface area contributed by atoms with Crippen molar-refractivity contribution in [3.8, 4) is 0 Å². The van der Waals surface area contributed by atoms with E-state index < -0.39 is 21.4 Å². The van der Waals surface area contributed by atoms with Crippen LogP contribution in [0.15, 0.2) is 17.3 Å². The maximum atomic E-state index is 12.6. The van der Waals surface area contributed by atoms with Gasteiger partial charge in [-0.15, -0.1) is 0 Å². The van der Waals surface area contributed by atoms with E-state index in [0.717, 1.165) is 12.8 Å². The van der Waals surface area contributed by atoms with Gasteiger partial charge in [-0.05, 0) is 24.8 Å². The number of carboxylic acid groups (broad SMARTS) is 1. The van der Waals surface area contributed by atoms with Gasteiger partial charge < -0.3 is 5.11 Å². The second-order valence-electron chi connectivity index (χ2n) is 5.64. The zero-order chi connectivity index (χ0) is 14.5. The molecule has 1 aliphatic carbocycles. The summed E-state index contributed by atoms with van der Waals surface area (Å²) in [6.07, 6.45) is 3.63. The molecule has 1 aromatic heterocycles. The predicted octanol–water partition coefficient (Wildman–Crippen LogP) is 0.295. The van der Waals surface area contributed by atoms with Crippen molar-refractivity contribution in [3.63, 3.8) is 0 Å². The van der Waals surface area contributed by atoms with E-state index in [4.69, 9.17) is 0 Å². The van der Waals surface area contributed by atoms with Gasteiger partial charge in [0.1, 0.15) is 0 Å². The van der Waals surface area contributed by atoms with Crippen LogP contribution in [0, 0.1) is 11.3 Å². The van der Waals surface area contributed by atoms with Gasteiger partial charge in [0, 0.05) is 20.1 Å². The summed E-state index contributed by atoms with van der Waals surface area (Å²) in [5.74, 6) is -0.953. The molecule has 2 atom stereocenters. The Kier molecular flexibility index (Phi) is 2.91. The maximum Gasteiger partial charge on any atom is 0.311 e. The quantitative estimate of drug-likeness (QED) is 0.866. The largest absolute Gasteiger partial charge is 0.481 e. The molecule has 2 aliphatic rings. The van der Waals surface area contributed by atoms with E-state index in [1.165, 1.54) is 21.3 Å². The fourth-order valence-corrected chi connectivity index (χ4v) is 5.18. The number of rotatable bonds is 3. The zero-order valence-electron chi connectivity index (χ0n) is 11.2. The van der Waals surface area contributed by atoms with Gasteiger partial charge in [0.2, 0.25) is 0 Å². The Morgan fingerprint density at radius 1 is 1.55 bits per heavy atom. The number of carbonyl (C=O) groups is 1. The van der Waals surface area contributed by atoms with Crippen LogP contribution < -0.4 is 0 Å². The molecule has 2 fully saturated rings. The average molecular weight is 299 g/mol. The Bertz CT molecular complexity index is 653. The first-order valence-corrected chi connectivity index (χ1v) is 8.03. The molecule has 3 rings (SSSR count). The zero-order valence-corrected chi connectivity index (χ0v) is 12.0. The maximum absolute atomic E-state index is 12.6. The Labute approximate surface area is 117 Å². The number of aliphatic carboxylic acids is 1. The summed E-state index contributed by atoms with van der Waals surface area (Å²) in [6.45, 7) is 0.361. The first kappa shape index (κ1) is 13.6. The van der Waals surface area contributed by atoms with Crippen LogP contribution in [0.4, 0.5) is 0 Å². The summed E-state index contributed by atoms with van der Waals surface area (Å²) >= 11 is 0. The topological polar surface area (TPSA) is 92.5 Å². The van der Waals surface area contributed by atoms with Gasteiger partial charge in [-0.1, -0.05) is 6.42 Å². The molecule has 0 unspecified atom stereocenters. The molecule has 20 heavy (non-hydrogen) atoms. The molecule has 1 aromatic rings. The normalized spacial score (nSPS) is 30.6. The first-order chi connectivity index (χ1) is 9.38. The van der Waals surface area contributed by atoms with Crippen molar-refractivity contribution in [3.05, 3.63) is 12.3 Å². The third-order valence-corrected chi connectivity index (χ3v) is 6.53. The molecular weight excluding hydrogens is 282 g/mol. The van der Waals surface area contributed by atoms with E-state index in [1.54, 1.807) is 7.05 Å².